The van der Waals surface area contributed by atoms with Crippen molar-refractivity contribution in [3.63, 3.8) is 0 Å². The number of benzene rings is 2. The molecule has 0 heterocycles. The monoisotopic (exact) mass is 352 g/mol. The molecule has 0 N–H and O–H groups in total. The molecule has 0 aromatic heterocycles. The lowest BCUT2D eigenvalue weighted by Gasteiger charge is -2.27. The third-order valence-corrected chi connectivity index (χ3v) is 4.30. The minimum absolute atomic E-state index is 0.116. The molecule has 4 heteroatoms. The van der Waals surface area contributed by atoms with Gasteiger partial charge < -0.3 is 9.47 Å². The van der Waals surface area contributed by atoms with Crippen molar-refractivity contribution in [3.05, 3.63) is 84.4 Å². The van der Waals surface area contributed by atoms with E-state index in [2.05, 4.69) is 6.58 Å². The van der Waals surface area contributed by atoms with Crippen molar-refractivity contribution in [2.24, 2.45) is 5.41 Å². The van der Waals surface area contributed by atoms with E-state index >= 15 is 0 Å². The molecule has 0 aliphatic rings. The molecule has 0 saturated carbocycles. The lowest BCUT2D eigenvalue weighted by atomic mass is 9.81. The van der Waals surface area contributed by atoms with Gasteiger partial charge in [0, 0.05) is 0 Å². The standard InChI is InChI=1S/C22H24O4/c1-3-15-22(4-2,20(23)25-16-18-11-7-5-8-12-18)21(24)26-17-19-13-9-6-10-14-19/h3,5-14H,1,4,15-17H2,2H3. The summed E-state index contributed by atoms with van der Waals surface area (Å²) in [6, 6.07) is 18.7. The molecule has 0 amide bonds. The highest BCUT2D eigenvalue weighted by Gasteiger charge is 2.46. The number of ether oxygens (including phenoxy) is 2. The fraction of sp³-hybridized carbons (Fsp3) is 0.273. The fourth-order valence-corrected chi connectivity index (χ4v) is 2.65. The molecule has 0 unspecified atom stereocenters. The molecule has 0 radical (unpaired) electrons. The predicted octanol–water partition coefficient (Wildman–Crippen LogP) is 4.45. The van der Waals surface area contributed by atoms with E-state index in [-0.39, 0.29) is 26.1 Å². The van der Waals surface area contributed by atoms with Crippen LogP contribution in [0.3, 0.4) is 0 Å². The summed E-state index contributed by atoms with van der Waals surface area (Å²) in [6.07, 6.45) is 2.00. The van der Waals surface area contributed by atoms with Crippen molar-refractivity contribution in [1.82, 2.24) is 0 Å². The first-order chi connectivity index (χ1) is 12.6. The third kappa shape index (κ3) is 4.82. The molecule has 0 fully saturated rings. The van der Waals surface area contributed by atoms with Gasteiger partial charge in [-0.05, 0) is 24.0 Å². The van der Waals surface area contributed by atoms with Crippen molar-refractivity contribution >= 4 is 11.9 Å². The maximum absolute atomic E-state index is 12.7. The lowest BCUT2D eigenvalue weighted by Crippen LogP contribution is -2.41. The van der Waals surface area contributed by atoms with Crippen LogP contribution in [0.5, 0.6) is 0 Å². The number of rotatable bonds is 9. The van der Waals surface area contributed by atoms with Gasteiger partial charge in [0.2, 0.25) is 0 Å². The summed E-state index contributed by atoms with van der Waals surface area (Å²) in [7, 11) is 0. The smallest absolute Gasteiger partial charge is 0.324 e. The molecule has 2 aromatic rings. The molecule has 0 bridgehead atoms. The van der Waals surface area contributed by atoms with Gasteiger partial charge in [-0.25, -0.2) is 0 Å². The predicted molar refractivity (Wildman–Crippen MR) is 100 cm³/mol. The van der Waals surface area contributed by atoms with Crippen molar-refractivity contribution in [3.8, 4) is 0 Å². The molecule has 2 rings (SSSR count). The Labute approximate surface area is 154 Å². The van der Waals surface area contributed by atoms with E-state index in [1.165, 1.54) is 0 Å². The van der Waals surface area contributed by atoms with E-state index in [0.29, 0.717) is 0 Å². The average molecular weight is 352 g/mol. The summed E-state index contributed by atoms with van der Waals surface area (Å²) in [5.41, 5.74) is 0.356. The lowest BCUT2D eigenvalue weighted by molar-refractivity contribution is -0.174. The summed E-state index contributed by atoms with van der Waals surface area (Å²) < 4.78 is 10.8. The zero-order chi connectivity index (χ0) is 18.8. The van der Waals surface area contributed by atoms with Crippen LogP contribution in [-0.4, -0.2) is 11.9 Å². The van der Waals surface area contributed by atoms with E-state index in [9.17, 15) is 9.59 Å². The molecule has 0 saturated heterocycles. The summed E-state index contributed by atoms with van der Waals surface area (Å²) in [4.78, 5) is 25.5. The second-order valence-corrected chi connectivity index (χ2v) is 6.05. The SMILES string of the molecule is C=CCC(CC)(C(=O)OCc1ccccc1)C(=O)OCc1ccccc1. The highest BCUT2D eigenvalue weighted by atomic mass is 16.6. The van der Waals surface area contributed by atoms with Crippen molar-refractivity contribution < 1.29 is 19.1 Å². The van der Waals surface area contributed by atoms with Gasteiger partial charge in [0.25, 0.3) is 0 Å². The minimum Gasteiger partial charge on any atom is -0.460 e. The highest BCUT2D eigenvalue weighted by Crippen LogP contribution is 2.31. The second kappa shape index (κ2) is 9.56. The van der Waals surface area contributed by atoms with Gasteiger partial charge in [0.05, 0.1) is 0 Å². The number of carbonyl (C=O) groups is 2. The molecule has 4 nitrogen and oxygen atoms in total. The van der Waals surface area contributed by atoms with Crippen LogP contribution in [0, 0.1) is 5.41 Å². The van der Waals surface area contributed by atoms with E-state index in [4.69, 9.17) is 9.47 Å². The highest BCUT2D eigenvalue weighted by molar-refractivity contribution is 6.00. The van der Waals surface area contributed by atoms with E-state index < -0.39 is 17.4 Å². The van der Waals surface area contributed by atoms with Crippen molar-refractivity contribution in [2.45, 2.75) is 33.0 Å². The van der Waals surface area contributed by atoms with Crippen LogP contribution >= 0.6 is 0 Å². The average Bonchev–Trinajstić information content (AvgIpc) is 2.70. The zero-order valence-corrected chi connectivity index (χ0v) is 15.0. The summed E-state index contributed by atoms with van der Waals surface area (Å²) in [5.74, 6) is -1.16. The quantitative estimate of drug-likeness (QED) is 0.380. The molecule has 0 aliphatic carbocycles. The van der Waals surface area contributed by atoms with Gasteiger partial charge in [-0.2, -0.15) is 0 Å². The van der Waals surface area contributed by atoms with Crippen LogP contribution in [-0.2, 0) is 32.3 Å². The molecule has 136 valence electrons. The fourth-order valence-electron chi connectivity index (χ4n) is 2.65. The molecule has 0 atom stereocenters. The maximum Gasteiger partial charge on any atom is 0.324 e. The Morgan fingerprint density at radius 1 is 0.885 bits per heavy atom. The van der Waals surface area contributed by atoms with Crippen LogP contribution < -0.4 is 0 Å². The molecule has 26 heavy (non-hydrogen) atoms. The molecule has 0 spiro atoms. The molecule has 0 aliphatic heterocycles. The van der Waals surface area contributed by atoms with Crippen LogP contribution in [0.1, 0.15) is 30.9 Å². The first-order valence-electron chi connectivity index (χ1n) is 8.65. The van der Waals surface area contributed by atoms with Gasteiger partial charge in [-0.3, -0.25) is 9.59 Å². The Hall–Kier alpha value is -2.88. The van der Waals surface area contributed by atoms with Crippen molar-refractivity contribution in [1.29, 1.82) is 0 Å². The van der Waals surface area contributed by atoms with Gasteiger partial charge in [0.1, 0.15) is 13.2 Å². The van der Waals surface area contributed by atoms with E-state index in [1.54, 1.807) is 13.0 Å². The topological polar surface area (TPSA) is 52.6 Å². The Bertz CT molecular complexity index is 667. The van der Waals surface area contributed by atoms with Crippen LogP contribution in [0.15, 0.2) is 73.3 Å². The molecule has 2 aromatic carbocycles. The Morgan fingerprint density at radius 3 is 1.65 bits per heavy atom. The summed E-state index contributed by atoms with van der Waals surface area (Å²) >= 11 is 0. The largest absolute Gasteiger partial charge is 0.460 e. The normalized spacial score (nSPS) is 10.8. The number of hydrogen-bond donors (Lipinski definition) is 0. The van der Waals surface area contributed by atoms with Crippen LogP contribution in [0.25, 0.3) is 0 Å². The van der Waals surface area contributed by atoms with Crippen LogP contribution in [0.2, 0.25) is 0 Å². The van der Waals surface area contributed by atoms with Gasteiger partial charge in [-0.15, -0.1) is 6.58 Å². The minimum atomic E-state index is -1.37. The van der Waals surface area contributed by atoms with E-state index in [0.717, 1.165) is 11.1 Å². The molecular weight excluding hydrogens is 328 g/mol. The number of esters is 2. The third-order valence-electron chi connectivity index (χ3n) is 4.30. The summed E-state index contributed by atoms with van der Waals surface area (Å²) in [5, 5.41) is 0. The van der Waals surface area contributed by atoms with Gasteiger partial charge >= 0.3 is 11.9 Å². The van der Waals surface area contributed by atoms with Gasteiger partial charge in [0.15, 0.2) is 5.41 Å². The second-order valence-electron chi connectivity index (χ2n) is 6.05. The Kier molecular flexibility index (Phi) is 7.15. The van der Waals surface area contributed by atoms with E-state index in [1.807, 2.05) is 60.7 Å². The Balaban J connectivity index is 2.08. The van der Waals surface area contributed by atoms with Crippen molar-refractivity contribution in [2.75, 3.05) is 0 Å². The summed E-state index contributed by atoms with van der Waals surface area (Å²) in [6.45, 7) is 5.69. The van der Waals surface area contributed by atoms with Crippen LogP contribution in [0.4, 0.5) is 0 Å². The Morgan fingerprint density at radius 2 is 1.31 bits per heavy atom. The number of allylic oxidation sites excluding steroid dienone is 1. The zero-order valence-electron chi connectivity index (χ0n) is 15.0. The number of hydrogen-bond acceptors (Lipinski definition) is 4. The van der Waals surface area contributed by atoms with Gasteiger partial charge in [-0.1, -0.05) is 73.7 Å². The first kappa shape index (κ1) is 19.4. The first-order valence-corrected chi connectivity index (χ1v) is 8.65. The molecular formula is C22H24O4. The number of carbonyl (C=O) groups excluding carboxylic acids is 2. The maximum atomic E-state index is 12.7.